The van der Waals surface area contributed by atoms with E-state index in [0.717, 1.165) is 77.6 Å². The number of amides is 3. The van der Waals surface area contributed by atoms with Gasteiger partial charge >= 0.3 is 6.09 Å². The van der Waals surface area contributed by atoms with E-state index in [4.69, 9.17) is 14.2 Å². The van der Waals surface area contributed by atoms with Crippen molar-refractivity contribution in [2.75, 3.05) is 37.6 Å². The zero-order valence-corrected chi connectivity index (χ0v) is 32.9. The average Bonchev–Trinajstić information content (AvgIpc) is 3.54. The molecule has 13 heteroatoms. The number of hydrogen-bond acceptors (Lipinski definition) is 11. The van der Waals surface area contributed by atoms with E-state index in [2.05, 4.69) is 32.0 Å². The first kappa shape index (κ1) is 39.8. The van der Waals surface area contributed by atoms with Crippen LogP contribution in [0.25, 0.3) is 11.1 Å². The molecule has 13 nitrogen and oxygen atoms in total. The summed E-state index contributed by atoms with van der Waals surface area (Å²) in [5, 5.41) is 12.2. The van der Waals surface area contributed by atoms with Crippen molar-refractivity contribution in [1.29, 1.82) is 0 Å². The van der Waals surface area contributed by atoms with Gasteiger partial charge in [0.25, 0.3) is 5.91 Å². The van der Waals surface area contributed by atoms with Gasteiger partial charge in [-0.15, -0.1) is 0 Å². The maximum atomic E-state index is 13.4. The van der Waals surface area contributed by atoms with Crippen LogP contribution in [0.2, 0.25) is 0 Å². The Kier molecular flexibility index (Phi) is 12.3. The van der Waals surface area contributed by atoms with Gasteiger partial charge in [0.05, 0.1) is 31.8 Å². The van der Waals surface area contributed by atoms with Gasteiger partial charge in [0.1, 0.15) is 12.6 Å². The second-order valence-corrected chi connectivity index (χ2v) is 15.2. The number of alkyl carbamates (subject to hydrolysis) is 1. The van der Waals surface area contributed by atoms with E-state index in [1.54, 1.807) is 12.4 Å². The Hall–Kier alpha value is -5.99. The molecule has 0 radical (unpaired) electrons. The minimum atomic E-state index is -0.996. The van der Waals surface area contributed by atoms with E-state index in [0.29, 0.717) is 0 Å². The van der Waals surface area contributed by atoms with Crippen molar-refractivity contribution in [2.45, 2.75) is 57.6 Å². The van der Waals surface area contributed by atoms with Crippen LogP contribution in [0.15, 0.2) is 122 Å². The van der Waals surface area contributed by atoms with Gasteiger partial charge in [0.2, 0.25) is 11.9 Å². The average molecular weight is 797 g/mol. The second-order valence-electron chi connectivity index (χ2n) is 15.2. The lowest BCUT2D eigenvalue weighted by molar-refractivity contribution is -0.276. The number of benzene rings is 4. The van der Waals surface area contributed by atoms with Gasteiger partial charge in [-0.05, 0) is 39.4 Å². The molecule has 3 amide bonds. The highest BCUT2D eigenvalue weighted by atomic mass is 16.7. The summed E-state index contributed by atoms with van der Waals surface area (Å²) >= 11 is 0. The molecule has 1 aromatic heterocycles. The molecule has 4 aromatic carbocycles. The Morgan fingerprint density at radius 3 is 2.24 bits per heavy atom. The molecule has 4 heterocycles. The molecule has 3 aliphatic heterocycles. The summed E-state index contributed by atoms with van der Waals surface area (Å²) < 4.78 is 18.8. The van der Waals surface area contributed by atoms with Crippen molar-refractivity contribution in [1.82, 2.24) is 25.1 Å². The van der Waals surface area contributed by atoms with Crippen molar-refractivity contribution in [3.8, 4) is 11.1 Å². The van der Waals surface area contributed by atoms with Crippen molar-refractivity contribution in [3.05, 3.63) is 149 Å². The number of aromatic nitrogens is 2. The molecule has 3 saturated heterocycles. The minimum absolute atomic E-state index is 0.0282. The van der Waals surface area contributed by atoms with Gasteiger partial charge in [-0.1, -0.05) is 110 Å². The van der Waals surface area contributed by atoms with Crippen molar-refractivity contribution in [2.24, 2.45) is 5.92 Å². The highest BCUT2D eigenvalue weighted by Gasteiger charge is 2.41. The predicted molar refractivity (Wildman–Crippen MR) is 219 cm³/mol. The lowest BCUT2D eigenvalue weighted by Crippen LogP contribution is -2.51. The summed E-state index contributed by atoms with van der Waals surface area (Å²) in [5.41, 5.74) is 6.11. The lowest BCUT2D eigenvalue weighted by atomic mass is 9.89. The Bertz CT molecular complexity index is 2200. The molecule has 59 heavy (non-hydrogen) atoms. The van der Waals surface area contributed by atoms with E-state index in [1.807, 2.05) is 109 Å². The molecule has 0 aliphatic carbocycles. The number of likely N-dealkylation sites (tertiary alicyclic amines) is 1. The van der Waals surface area contributed by atoms with Crippen molar-refractivity contribution in [3.63, 3.8) is 0 Å². The highest BCUT2D eigenvalue weighted by molar-refractivity contribution is 6.06. The van der Waals surface area contributed by atoms with E-state index < -0.39 is 24.3 Å². The molecule has 5 aromatic rings. The predicted octanol–water partition coefficient (Wildman–Crippen LogP) is 5.80. The zero-order valence-electron chi connectivity index (χ0n) is 32.9. The molecule has 0 bridgehead atoms. The number of aliphatic hydroxyl groups is 1. The first-order chi connectivity index (χ1) is 28.8. The number of piperazine rings is 1. The largest absolute Gasteiger partial charge is 0.445 e. The topological polar surface area (TPSA) is 147 Å². The van der Waals surface area contributed by atoms with E-state index in [-0.39, 0.29) is 50.2 Å². The van der Waals surface area contributed by atoms with Gasteiger partial charge in [-0.25, -0.2) is 14.8 Å². The molecule has 5 atom stereocenters. The van der Waals surface area contributed by atoms with E-state index in [9.17, 15) is 19.5 Å². The number of anilines is 1. The quantitative estimate of drug-likeness (QED) is 0.148. The molecule has 1 unspecified atom stereocenters. The maximum Gasteiger partial charge on any atom is 0.408 e. The number of carbonyl (C=O) groups is 3. The standard InChI is InChI=1S/C46H48N6O7/c1-31-40(28-50-22-24-51(25-23-50)45-47-20-7-21-48-45)58-44(59-42(31)35-14-12-32(29-53)13-15-35)36-18-16-34(17-19-36)38-11-6-5-10-37(38)27-52-41(54)26-39(43(52)55)49-46(56)57-30-33-8-3-2-4-9-33/h2-21,31,39-40,42,44,53H,22-30H2,1H3,(H,49,56)/t31-,39?,40+,42+,44+/m0/s1. The molecule has 3 aliphatic rings. The number of rotatable bonds is 12. The number of aliphatic hydroxyl groups excluding tert-OH is 1. The fourth-order valence-electron chi connectivity index (χ4n) is 7.97. The van der Waals surface area contributed by atoms with Gasteiger partial charge < -0.3 is 29.5 Å². The van der Waals surface area contributed by atoms with Crippen LogP contribution in [0.1, 0.15) is 53.6 Å². The SMILES string of the molecule is C[C@H]1[C@@H](CN2CCN(c3ncccn3)CC2)O[C@@H](c2ccc(-c3ccccc3CN3C(=O)CC(NC(=O)OCc4ccccc4)C3=O)cc2)O[C@H]1c1ccc(CO)cc1. The van der Waals surface area contributed by atoms with Crippen LogP contribution in [0.3, 0.4) is 0 Å². The molecular formula is C46H48N6O7. The van der Waals surface area contributed by atoms with Crippen molar-refractivity contribution >= 4 is 23.9 Å². The molecular weight excluding hydrogens is 749 g/mol. The van der Waals surface area contributed by atoms with Crippen LogP contribution in [-0.4, -0.2) is 87.7 Å². The monoisotopic (exact) mass is 796 g/mol. The maximum absolute atomic E-state index is 13.4. The molecule has 8 rings (SSSR count). The van der Waals surface area contributed by atoms with Gasteiger partial charge in [0, 0.05) is 56.6 Å². The third-order valence-electron chi connectivity index (χ3n) is 11.4. The first-order valence-electron chi connectivity index (χ1n) is 20.1. The zero-order chi connectivity index (χ0) is 40.7. The van der Waals surface area contributed by atoms with Crippen LogP contribution in [0.5, 0.6) is 0 Å². The van der Waals surface area contributed by atoms with Crippen LogP contribution in [0.4, 0.5) is 10.7 Å². The Morgan fingerprint density at radius 2 is 1.51 bits per heavy atom. The summed E-state index contributed by atoms with van der Waals surface area (Å²) in [5.74, 6) is -0.0479. The first-order valence-corrected chi connectivity index (χ1v) is 20.1. The fraction of sp³-hybridized carbons (Fsp3) is 0.326. The number of nitrogens with zero attached hydrogens (tertiary/aromatic N) is 5. The molecule has 2 N–H and O–H groups in total. The van der Waals surface area contributed by atoms with Gasteiger partial charge in [-0.3, -0.25) is 19.4 Å². The summed E-state index contributed by atoms with van der Waals surface area (Å²) in [4.78, 5) is 53.7. The normalized spacial score (nSPS) is 22.4. The van der Waals surface area contributed by atoms with Crippen LogP contribution >= 0.6 is 0 Å². The Morgan fingerprint density at radius 1 is 0.814 bits per heavy atom. The second kappa shape index (κ2) is 18.3. The fourth-order valence-corrected chi connectivity index (χ4v) is 7.97. The number of ether oxygens (including phenoxy) is 3. The lowest BCUT2D eigenvalue weighted by Gasteiger charge is -2.44. The molecule has 3 fully saturated rings. The van der Waals surface area contributed by atoms with E-state index >= 15 is 0 Å². The Balaban J connectivity index is 0.948. The minimum Gasteiger partial charge on any atom is -0.445 e. The Labute approximate surface area is 343 Å². The highest BCUT2D eigenvalue weighted by Crippen LogP contribution is 2.42. The van der Waals surface area contributed by atoms with Gasteiger partial charge in [0.15, 0.2) is 6.29 Å². The van der Waals surface area contributed by atoms with Crippen LogP contribution in [-0.2, 0) is 43.6 Å². The van der Waals surface area contributed by atoms with E-state index in [1.165, 1.54) is 4.90 Å². The summed E-state index contributed by atoms with van der Waals surface area (Å²) in [6, 6.07) is 33.7. The summed E-state index contributed by atoms with van der Waals surface area (Å²) in [7, 11) is 0. The number of carbonyl (C=O) groups excluding carboxylic acids is 3. The van der Waals surface area contributed by atoms with Crippen LogP contribution < -0.4 is 10.2 Å². The third-order valence-corrected chi connectivity index (χ3v) is 11.4. The smallest absolute Gasteiger partial charge is 0.408 e. The number of nitrogens with one attached hydrogen (secondary N) is 1. The van der Waals surface area contributed by atoms with Crippen LogP contribution in [0, 0.1) is 5.92 Å². The molecule has 0 saturated carbocycles. The molecule has 0 spiro atoms. The summed E-state index contributed by atoms with van der Waals surface area (Å²) in [6.07, 6.45) is 1.65. The van der Waals surface area contributed by atoms with Gasteiger partial charge in [-0.2, -0.15) is 0 Å². The van der Waals surface area contributed by atoms with Crippen molar-refractivity contribution < 1.29 is 33.7 Å². The molecule has 304 valence electrons. The summed E-state index contributed by atoms with van der Waals surface area (Å²) in [6.45, 7) is 6.35. The number of imide groups is 1. The number of hydrogen-bond donors (Lipinski definition) is 2. The third kappa shape index (κ3) is 9.34.